The van der Waals surface area contributed by atoms with Crippen molar-refractivity contribution in [1.82, 2.24) is 4.90 Å². The van der Waals surface area contributed by atoms with Crippen LogP contribution in [-0.2, 0) is 25.5 Å². The molecule has 2 aliphatic heterocycles. The van der Waals surface area contributed by atoms with Gasteiger partial charge in [0.1, 0.15) is 16.5 Å². The van der Waals surface area contributed by atoms with Crippen molar-refractivity contribution in [2.75, 3.05) is 43.1 Å². The predicted molar refractivity (Wildman–Crippen MR) is 124 cm³/mol. The van der Waals surface area contributed by atoms with Crippen molar-refractivity contribution in [3.63, 3.8) is 0 Å². The average Bonchev–Trinajstić information content (AvgIpc) is 3.04. The van der Waals surface area contributed by atoms with Gasteiger partial charge in [0.2, 0.25) is 5.91 Å². The molecule has 0 saturated carbocycles. The number of rotatable bonds is 7. The van der Waals surface area contributed by atoms with Crippen LogP contribution in [0.5, 0.6) is 5.75 Å². The Morgan fingerprint density at radius 2 is 1.70 bits per heavy atom. The highest BCUT2D eigenvalue weighted by Gasteiger charge is 2.39. The smallest absolute Gasteiger partial charge is 0.283 e. The summed E-state index contributed by atoms with van der Waals surface area (Å²) in [5.41, 5.74) is 1.84. The number of imide groups is 1. The van der Waals surface area contributed by atoms with E-state index >= 15 is 0 Å². The summed E-state index contributed by atoms with van der Waals surface area (Å²) in [4.78, 5) is 40.8. The molecular formula is C24H24ClN3O5. The third-order valence-electron chi connectivity index (χ3n) is 5.38. The molecule has 0 radical (unpaired) electrons. The number of anilines is 2. The lowest BCUT2D eigenvalue weighted by atomic mass is 10.1. The Morgan fingerprint density at radius 3 is 2.33 bits per heavy atom. The van der Waals surface area contributed by atoms with Crippen molar-refractivity contribution in [1.29, 1.82) is 0 Å². The van der Waals surface area contributed by atoms with E-state index in [0.717, 1.165) is 10.5 Å². The number of amides is 3. The first-order valence-electron chi connectivity index (χ1n) is 10.7. The first kappa shape index (κ1) is 22.8. The van der Waals surface area contributed by atoms with Crippen molar-refractivity contribution in [2.45, 2.75) is 13.3 Å². The minimum atomic E-state index is -0.596. The number of nitrogens with zero attached hydrogens (tertiary/aromatic N) is 2. The first-order chi connectivity index (χ1) is 16.0. The number of carbonyl (C=O) groups is 3. The van der Waals surface area contributed by atoms with Crippen LogP contribution in [0.3, 0.4) is 0 Å². The SMILES string of the molecule is CCOc1ccc(N2C(=O)C(Cl)=C(Nc3ccc(CC(=O)N4CCOCC4)cc3)C2=O)cc1. The van der Waals surface area contributed by atoms with Gasteiger partial charge in [-0.05, 0) is 48.9 Å². The first-order valence-corrected chi connectivity index (χ1v) is 11.1. The van der Waals surface area contributed by atoms with Crippen molar-refractivity contribution >= 4 is 40.7 Å². The second-order valence-corrected chi connectivity index (χ2v) is 7.93. The van der Waals surface area contributed by atoms with Crippen LogP contribution in [0.2, 0.25) is 0 Å². The van der Waals surface area contributed by atoms with Crippen molar-refractivity contribution in [3.8, 4) is 5.75 Å². The molecule has 0 bridgehead atoms. The summed E-state index contributed by atoms with van der Waals surface area (Å²) < 4.78 is 10.7. The maximum atomic E-state index is 12.9. The van der Waals surface area contributed by atoms with Gasteiger partial charge in [-0.15, -0.1) is 0 Å². The second kappa shape index (κ2) is 10.1. The number of benzene rings is 2. The number of ether oxygens (including phenoxy) is 2. The zero-order valence-electron chi connectivity index (χ0n) is 18.2. The van der Waals surface area contributed by atoms with Crippen LogP contribution in [0.15, 0.2) is 59.3 Å². The summed E-state index contributed by atoms with van der Waals surface area (Å²) in [7, 11) is 0. The van der Waals surface area contributed by atoms with Gasteiger partial charge in [-0.3, -0.25) is 14.4 Å². The molecule has 172 valence electrons. The fraction of sp³-hybridized carbons (Fsp3) is 0.292. The molecule has 2 aromatic rings. The molecule has 4 rings (SSSR count). The average molecular weight is 470 g/mol. The molecule has 9 heteroatoms. The fourth-order valence-electron chi connectivity index (χ4n) is 3.65. The van der Waals surface area contributed by atoms with E-state index in [1.807, 2.05) is 6.92 Å². The minimum absolute atomic E-state index is 0.00712. The topological polar surface area (TPSA) is 88.2 Å². The molecule has 1 N–H and O–H groups in total. The minimum Gasteiger partial charge on any atom is -0.494 e. The highest BCUT2D eigenvalue weighted by Crippen LogP contribution is 2.31. The molecule has 33 heavy (non-hydrogen) atoms. The maximum Gasteiger partial charge on any atom is 0.283 e. The zero-order chi connectivity index (χ0) is 23.4. The summed E-state index contributed by atoms with van der Waals surface area (Å²) >= 11 is 6.21. The molecule has 0 spiro atoms. The molecule has 1 fully saturated rings. The Balaban J connectivity index is 1.42. The largest absolute Gasteiger partial charge is 0.494 e. The van der Waals surface area contributed by atoms with Crippen LogP contribution in [0, 0.1) is 0 Å². The summed E-state index contributed by atoms with van der Waals surface area (Å²) in [6.07, 6.45) is 0.284. The van der Waals surface area contributed by atoms with Crippen molar-refractivity contribution in [3.05, 3.63) is 64.8 Å². The van der Waals surface area contributed by atoms with Gasteiger partial charge in [0.05, 0.1) is 31.9 Å². The Labute approximate surface area is 196 Å². The number of hydrogen-bond donors (Lipinski definition) is 1. The van der Waals surface area contributed by atoms with Gasteiger partial charge in [-0.2, -0.15) is 0 Å². The fourth-order valence-corrected chi connectivity index (χ4v) is 3.87. The van der Waals surface area contributed by atoms with Crippen LogP contribution in [0.1, 0.15) is 12.5 Å². The van der Waals surface area contributed by atoms with Gasteiger partial charge in [-0.1, -0.05) is 23.7 Å². The molecule has 2 heterocycles. The Hall–Kier alpha value is -3.36. The van der Waals surface area contributed by atoms with Crippen LogP contribution < -0.4 is 15.0 Å². The Bertz CT molecular complexity index is 1080. The van der Waals surface area contributed by atoms with Crippen LogP contribution >= 0.6 is 11.6 Å². The van der Waals surface area contributed by atoms with E-state index < -0.39 is 11.8 Å². The van der Waals surface area contributed by atoms with Crippen molar-refractivity contribution in [2.24, 2.45) is 0 Å². The third-order valence-corrected chi connectivity index (χ3v) is 5.73. The highest BCUT2D eigenvalue weighted by molar-refractivity contribution is 6.53. The molecule has 0 unspecified atom stereocenters. The summed E-state index contributed by atoms with van der Waals surface area (Å²) in [6.45, 7) is 4.72. The van der Waals surface area contributed by atoms with Gasteiger partial charge in [-0.25, -0.2) is 4.90 Å². The third kappa shape index (κ3) is 5.02. The van der Waals surface area contributed by atoms with E-state index in [9.17, 15) is 14.4 Å². The molecule has 2 aromatic carbocycles. The van der Waals surface area contributed by atoms with E-state index in [1.165, 1.54) is 0 Å². The predicted octanol–water partition coefficient (Wildman–Crippen LogP) is 2.92. The number of halogens is 1. The maximum absolute atomic E-state index is 12.9. The molecule has 0 aromatic heterocycles. The van der Waals surface area contributed by atoms with Crippen LogP contribution in [0.25, 0.3) is 0 Å². The molecular weight excluding hydrogens is 446 g/mol. The molecule has 0 aliphatic carbocycles. The van der Waals surface area contributed by atoms with Crippen molar-refractivity contribution < 1.29 is 23.9 Å². The number of nitrogens with one attached hydrogen (secondary N) is 1. The lowest BCUT2D eigenvalue weighted by molar-refractivity contribution is -0.134. The van der Waals surface area contributed by atoms with E-state index in [4.69, 9.17) is 21.1 Å². The lowest BCUT2D eigenvalue weighted by Gasteiger charge is -2.26. The van der Waals surface area contributed by atoms with E-state index in [1.54, 1.807) is 53.4 Å². The van der Waals surface area contributed by atoms with E-state index in [2.05, 4.69) is 5.32 Å². The zero-order valence-corrected chi connectivity index (χ0v) is 18.9. The monoisotopic (exact) mass is 469 g/mol. The van der Waals surface area contributed by atoms with Gasteiger partial charge in [0.15, 0.2) is 0 Å². The van der Waals surface area contributed by atoms with Gasteiger partial charge < -0.3 is 19.7 Å². The number of morpholine rings is 1. The summed E-state index contributed by atoms with van der Waals surface area (Å²) in [5, 5.41) is 2.77. The van der Waals surface area contributed by atoms with E-state index in [-0.39, 0.29) is 23.1 Å². The summed E-state index contributed by atoms with van der Waals surface area (Å²) in [5.74, 6) is -0.445. The molecule has 0 atom stereocenters. The quantitative estimate of drug-likeness (QED) is 0.627. The van der Waals surface area contributed by atoms with Gasteiger partial charge in [0, 0.05) is 18.8 Å². The van der Waals surface area contributed by atoms with Gasteiger partial charge >= 0.3 is 0 Å². The normalized spacial score (nSPS) is 16.4. The van der Waals surface area contributed by atoms with Gasteiger partial charge in [0.25, 0.3) is 11.8 Å². The molecule has 3 amide bonds. The second-order valence-electron chi connectivity index (χ2n) is 7.55. The Morgan fingerprint density at radius 1 is 1.03 bits per heavy atom. The van der Waals surface area contributed by atoms with Crippen LogP contribution in [0.4, 0.5) is 11.4 Å². The molecule has 8 nitrogen and oxygen atoms in total. The lowest BCUT2D eigenvalue weighted by Crippen LogP contribution is -2.41. The summed E-state index contributed by atoms with van der Waals surface area (Å²) in [6, 6.07) is 13.8. The van der Waals surface area contributed by atoms with E-state index in [0.29, 0.717) is 50.0 Å². The van der Waals surface area contributed by atoms with Crippen LogP contribution in [-0.4, -0.2) is 55.5 Å². The standard InChI is InChI=1S/C24H24ClN3O5/c1-2-33-19-9-7-18(8-10-19)28-23(30)21(25)22(24(28)31)26-17-5-3-16(4-6-17)15-20(29)27-11-13-32-14-12-27/h3-10,26H,2,11-15H2,1H3. The molecule has 2 aliphatic rings. The Kier molecular flexibility index (Phi) is 6.96. The number of hydrogen-bond acceptors (Lipinski definition) is 6. The molecule has 1 saturated heterocycles. The number of carbonyl (C=O) groups excluding carboxylic acids is 3. The highest BCUT2D eigenvalue weighted by atomic mass is 35.5.